The first-order valence-electron chi connectivity index (χ1n) is 6.48. The minimum absolute atomic E-state index is 0.453. The van der Waals surface area contributed by atoms with Crippen LogP contribution in [0, 0.1) is 0 Å². The number of carbonyl (C=O) groups excluding carboxylic acids is 2. The van der Waals surface area contributed by atoms with Crippen molar-refractivity contribution < 1.29 is 28.9 Å². The third-order valence-electron chi connectivity index (χ3n) is 3.09. The van der Waals surface area contributed by atoms with E-state index in [4.69, 9.17) is 14.6 Å². The lowest BCUT2D eigenvalue weighted by atomic mass is 10.1. The molecule has 114 valence electrons. The lowest BCUT2D eigenvalue weighted by Gasteiger charge is -2.31. The fourth-order valence-electron chi connectivity index (χ4n) is 1.98. The van der Waals surface area contributed by atoms with E-state index in [1.54, 1.807) is 31.2 Å². The van der Waals surface area contributed by atoms with Crippen molar-refractivity contribution >= 4 is 11.9 Å². The molecule has 3 atom stereocenters. The van der Waals surface area contributed by atoms with Crippen LogP contribution in [0.4, 0.5) is 0 Å². The van der Waals surface area contributed by atoms with Crippen molar-refractivity contribution in [3.8, 4) is 11.5 Å². The van der Waals surface area contributed by atoms with Crippen LogP contribution in [0.5, 0.6) is 11.5 Å². The Hall–Kier alpha value is -2.28. The lowest BCUT2D eigenvalue weighted by Crippen LogP contribution is -2.54. The van der Waals surface area contributed by atoms with Gasteiger partial charge in [0, 0.05) is 0 Å². The molecule has 2 rings (SSSR count). The van der Waals surface area contributed by atoms with Crippen molar-refractivity contribution in [1.29, 1.82) is 0 Å². The van der Waals surface area contributed by atoms with Crippen molar-refractivity contribution in [2.24, 2.45) is 0 Å². The van der Waals surface area contributed by atoms with Gasteiger partial charge in [0.2, 0.25) is 6.10 Å². The molecule has 7 heteroatoms. The number of para-hydroxylation sites is 2. The van der Waals surface area contributed by atoms with Crippen molar-refractivity contribution in [2.45, 2.75) is 25.2 Å². The molecule has 1 amide bonds. The molecular weight excluding hydrogens is 278 g/mol. The summed E-state index contributed by atoms with van der Waals surface area (Å²) < 4.78 is 15.7. The topological polar surface area (TPSA) is 94.1 Å². The molecule has 7 nitrogen and oxygen atoms in total. The molecule has 1 aromatic rings. The number of hydrogen-bond acceptors (Lipinski definition) is 6. The smallest absolute Gasteiger partial charge is 0.330 e. The van der Waals surface area contributed by atoms with Crippen molar-refractivity contribution in [1.82, 2.24) is 5.32 Å². The molecule has 1 aliphatic rings. The van der Waals surface area contributed by atoms with Crippen LogP contribution in [-0.4, -0.2) is 48.9 Å². The molecule has 0 saturated heterocycles. The largest absolute Gasteiger partial charge is 0.482 e. The van der Waals surface area contributed by atoms with Gasteiger partial charge in [-0.1, -0.05) is 12.1 Å². The molecule has 21 heavy (non-hydrogen) atoms. The van der Waals surface area contributed by atoms with Crippen molar-refractivity contribution in [3.05, 3.63) is 24.3 Å². The van der Waals surface area contributed by atoms with Crippen LogP contribution in [0.15, 0.2) is 24.3 Å². The normalized spacial score (nSPS) is 21.3. The van der Waals surface area contributed by atoms with Gasteiger partial charge in [0.1, 0.15) is 6.10 Å². The van der Waals surface area contributed by atoms with Gasteiger partial charge < -0.3 is 24.6 Å². The number of fused-ring (bicyclic) bond motifs is 1. The van der Waals surface area contributed by atoms with Gasteiger partial charge in [-0.2, -0.15) is 0 Å². The van der Waals surface area contributed by atoms with Crippen LogP contribution < -0.4 is 14.8 Å². The van der Waals surface area contributed by atoms with E-state index >= 15 is 0 Å². The molecule has 0 aromatic heterocycles. The lowest BCUT2D eigenvalue weighted by molar-refractivity contribution is -0.148. The van der Waals surface area contributed by atoms with Crippen molar-refractivity contribution in [3.63, 3.8) is 0 Å². The van der Waals surface area contributed by atoms with Crippen LogP contribution in [-0.2, 0) is 14.3 Å². The summed E-state index contributed by atoms with van der Waals surface area (Å²) in [6, 6.07) is 5.86. The highest BCUT2D eigenvalue weighted by atomic mass is 16.6. The van der Waals surface area contributed by atoms with Crippen LogP contribution >= 0.6 is 0 Å². The van der Waals surface area contributed by atoms with E-state index < -0.39 is 36.7 Å². The number of amides is 1. The number of esters is 1. The standard InChI is InChI=1S/C14H17NO6/c1-8-12(13(17)15-9(7-16)14(18)19-2)21-11-6-4-3-5-10(11)20-8/h3-6,8-9,12,16H,7H2,1-2H3,(H,15,17). The zero-order valence-electron chi connectivity index (χ0n) is 11.7. The number of aliphatic hydroxyl groups excluding tert-OH is 1. The summed E-state index contributed by atoms with van der Waals surface area (Å²) in [7, 11) is 1.18. The first-order chi connectivity index (χ1) is 10.1. The molecule has 1 aromatic carbocycles. The Labute approximate surface area is 121 Å². The SMILES string of the molecule is COC(=O)C(CO)NC(=O)C1Oc2ccccc2OC1C. The van der Waals surface area contributed by atoms with E-state index in [2.05, 4.69) is 10.1 Å². The number of nitrogens with one attached hydrogen (secondary N) is 1. The maximum atomic E-state index is 12.2. The Morgan fingerprint density at radius 1 is 1.33 bits per heavy atom. The third kappa shape index (κ3) is 3.25. The summed E-state index contributed by atoms with van der Waals surface area (Å²) in [5, 5.41) is 11.5. The van der Waals surface area contributed by atoms with Gasteiger partial charge >= 0.3 is 5.97 Å². The quantitative estimate of drug-likeness (QED) is 0.751. The number of hydrogen-bond donors (Lipinski definition) is 2. The van der Waals surface area contributed by atoms with Crippen LogP contribution in [0.25, 0.3) is 0 Å². The minimum atomic E-state index is -1.13. The van der Waals surface area contributed by atoms with E-state index in [0.29, 0.717) is 11.5 Å². The second-order valence-corrected chi connectivity index (χ2v) is 4.58. The molecule has 0 radical (unpaired) electrons. The number of ether oxygens (including phenoxy) is 3. The third-order valence-corrected chi connectivity index (χ3v) is 3.09. The molecule has 3 unspecified atom stereocenters. The molecule has 0 fully saturated rings. The van der Waals surface area contributed by atoms with Gasteiger partial charge in [0.05, 0.1) is 13.7 Å². The molecule has 1 aliphatic heterocycles. The second kappa shape index (κ2) is 6.45. The summed E-state index contributed by atoms with van der Waals surface area (Å²) in [6.07, 6.45) is -1.45. The molecule has 0 aliphatic carbocycles. The number of carbonyl (C=O) groups is 2. The van der Waals surface area contributed by atoms with Gasteiger partial charge in [-0.15, -0.1) is 0 Å². The first kappa shape index (κ1) is 15.1. The summed E-state index contributed by atoms with van der Waals surface area (Å²) in [4.78, 5) is 23.5. The maximum Gasteiger partial charge on any atom is 0.330 e. The Bertz CT molecular complexity index is 532. The van der Waals surface area contributed by atoms with Crippen molar-refractivity contribution in [2.75, 3.05) is 13.7 Å². The number of benzene rings is 1. The highest BCUT2D eigenvalue weighted by Gasteiger charge is 2.36. The molecule has 1 heterocycles. The number of methoxy groups -OCH3 is 1. The minimum Gasteiger partial charge on any atom is -0.482 e. The molecule has 0 bridgehead atoms. The van der Waals surface area contributed by atoms with Gasteiger partial charge in [-0.3, -0.25) is 4.79 Å². The van der Waals surface area contributed by atoms with E-state index in [1.165, 1.54) is 7.11 Å². The number of rotatable bonds is 4. The molecule has 0 saturated carbocycles. The summed E-state index contributed by atoms with van der Waals surface area (Å²) >= 11 is 0. The Morgan fingerprint density at radius 2 is 1.95 bits per heavy atom. The van der Waals surface area contributed by atoms with Gasteiger partial charge in [-0.05, 0) is 19.1 Å². The molecule has 2 N–H and O–H groups in total. The summed E-state index contributed by atoms with van der Waals surface area (Å²) in [5.74, 6) is -0.271. The highest BCUT2D eigenvalue weighted by Crippen LogP contribution is 2.33. The highest BCUT2D eigenvalue weighted by molar-refractivity contribution is 5.87. The zero-order chi connectivity index (χ0) is 15.4. The monoisotopic (exact) mass is 295 g/mol. The van der Waals surface area contributed by atoms with E-state index in [-0.39, 0.29) is 0 Å². The Balaban J connectivity index is 2.08. The van der Waals surface area contributed by atoms with Crippen LogP contribution in [0.1, 0.15) is 6.92 Å². The summed E-state index contributed by atoms with van der Waals surface area (Å²) in [5.41, 5.74) is 0. The van der Waals surface area contributed by atoms with Gasteiger partial charge in [-0.25, -0.2) is 4.79 Å². The summed E-state index contributed by atoms with van der Waals surface area (Å²) in [6.45, 7) is 1.13. The zero-order valence-corrected chi connectivity index (χ0v) is 11.7. The van der Waals surface area contributed by atoms with E-state index in [9.17, 15) is 9.59 Å². The maximum absolute atomic E-state index is 12.2. The van der Waals surface area contributed by atoms with E-state index in [0.717, 1.165) is 0 Å². The second-order valence-electron chi connectivity index (χ2n) is 4.58. The predicted molar refractivity (Wildman–Crippen MR) is 72.0 cm³/mol. The van der Waals surface area contributed by atoms with Gasteiger partial charge in [0.15, 0.2) is 17.5 Å². The Kier molecular flexibility index (Phi) is 4.64. The average molecular weight is 295 g/mol. The average Bonchev–Trinajstić information content (AvgIpc) is 2.50. The molecular formula is C14H17NO6. The predicted octanol–water partition coefficient (Wildman–Crippen LogP) is -0.135. The fourth-order valence-corrected chi connectivity index (χ4v) is 1.98. The molecule has 0 spiro atoms. The van der Waals surface area contributed by atoms with Crippen LogP contribution in [0.2, 0.25) is 0 Å². The number of aliphatic hydroxyl groups is 1. The van der Waals surface area contributed by atoms with Gasteiger partial charge in [0.25, 0.3) is 5.91 Å². The Morgan fingerprint density at radius 3 is 2.52 bits per heavy atom. The van der Waals surface area contributed by atoms with E-state index in [1.807, 2.05) is 0 Å². The first-order valence-corrected chi connectivity index (χ1v) is 6.48. The van der Waals surface area contributed by atoms with Crippen LogP contribution in [0.3, 0.4) is 0 Å². The fraction of sp³-hybridized carbons (Fsp3) is 0.429.